The van der Waals surface area contributed by atoms with Gasteiger partial charge in [0, 0.05) is 6.07 Å². The molecule has 3 aliphatic rings. The van der Waals surface area contributed by atoms with Gasteiger partial charge in [-0.15, -0.1) is 0 Å². The zero-order valence-electron chi connectivity index (χ0n) is 11.4. The van der Waals surface area contributed by atoms with E-state index in [0.29, 0.717) is 0 Å². The Morgan fingerprint density at radius 3 is 2.27 bits per heavy atom. The molecule has 1 aromatic rings. The highest BCUT2D eigenvalue weighted by atomic mass is 16.6. The zero-order valence-corrected chi connectivity index (χ0v) is 11.4. The van der Waals surface area contributed by atoms with Crippen LogP contribution in [0.5, 0.6) is 5.75 Å². The Kier molecular flexibility index (Phi) is 2.46. The summed E-state index contributed by atoms with van der Waals surface area (Å²) in [5, 5.41) is 20.4. The molecule has 1 aromatic carbocycles. The second-order valence-corrected chi connectivity index (χ2v) is 5.94. The smallest absolute Gasteiger partial charge is 0.312 e. The summed E-state index contributed by atoms with van der Waals surface area (Å²) < 4.78 is 0. The summed E-state index contributed by atoms with van der Waals surface area (Å²) in [7, 11) is 0. The highest BCUT2D eigenvalue weighted by Crippen LogP contribution is 2.53. The van der Waals surface area contributed by atoms with Crippen LogP contribution in [-0.4, -0.2) is 21.8 Å². The first-order valence-electron chi connectivity index (χ1n) is 7.02. The van der Waals surface area contributed by atoms with Crippen LogP contribution in [0.1, 0.15) is 6.42 Å². The lowest BCUT2D eigenvalue weighted by molar-refractivity contribution is -0.385. The Labute approximate surface area is 125 Å². The van der Waals surface area contributed by atoms with Gasteiger partial charge in [-0.1, -0.05) is 12.2 Å². The van der Waals surface area contributed by atoms with E-state index in [9.17, 15) is 24.8 Å². The summed E-state index contributed by atoms with van der Waals surface area (Å²) in [6, 6.07) is 3.56. The summed E-state index contributed by atoms with van der Waals surface area (Å²) in [6.45, 7) is 0. The molecule has 0 unspecified atom stereocenters. The molecule has 0 radical (unpaired) electrons. The molecule has 2 bridgehead atoms. The van der Waals surface area contributed by atoms with Gasteiger partial charge in [-0.2, -0.15) is 0 Å². The molecule has 1 N–H and O–H groups in total. The number of amides is 2. The van der Waals surface area contributed by atoms with Gasteiger partial charge in [0.1, 0.15) is 0 Å². The maximum atomic E-state index is 12.6. The quantitative estimate of drug-likeness (QED) is 0.387. The molecular formula is C15H12N2O5. The van der Waals surface area contributed by atoms with Crippen LogP contribution in [0.15, 0.2) is 30.4 Å². The van der Waals surface area contributed by atoms with Crippen LogP contribution in [0.25, 0.3) is 0 Å². The van der Waals surface area contributed by atoms with Gasteiger partial charge in [0.05, 0.1) is 22.4 Å². The van der Waals surface area contributed by atoms with E-state index in [1.807, 2.05) is 12.2 Å². The lowest BCUT2D eigenvalue weighted by Crippen LogP contribution is -2.32. The van der Waals surface area contributed by atoms with Crippen molar-refractivity contribution < 1.29 is 19.6 Å². The first kappa shape index (κ1) is 13.0. The van der Waals surface area contributed by atoms with E-state index in [2.05, 4.69) is 0 Å². The van der Waals surface area contributed by atoms with E-state index in [0.717, 1.165) is 23.5 Å². The van der Waals surface area contributed by atoms with Crippen molar-refractivity contribution in [3.63, 3.8) is 0 Å². The first-order valence-corrected chi connectivity index (χ1v) is 7.02. The maximum Gasteiger partial charge on any atom is 0.312 e. The normalized spacial score (nSPS) is 31.9. The molecule has 7 heteroatoms. The van der Waals surface area contributed by atoms with Crippen LogP contribution in [0.4, 0.5) is 11.4 Å². The Balaban J connectivity index is 1.76. The predicted molar refractivity (Wildman–Crippen MR) is 75.0 cm³/mol. The molecule has 1 aliphatic heterocycles. The molecule has 2 amide bonds. The number of anilines is 1. The fraction of sp³-hybridized carbons (Fsp3) is 0.333. The molecule has 0 spiro atoms. The molecule has 112 valence electrons. The summed E-state index contributed by atoms with van der Waals surface area (Å²) in [4.78, 5) is 36.4. The van der Waals surface area contributed by atoms with E-state index < -0.39 is 16.4 Å². The molecule has 4 rings (SSSR count). The molecular weight excluding hydrogens is 288 g/mol. The second kappa shape index (κ2) is 4.16. The Morgan fingerprint density at radius 1 is 1.14 bits per heavy atom. The number of allylic oxidation sites excluding steroid dienone is 2. The average molecular weight is 300 g/mol. The van der Waals surface area contributed by atoms with Gasteiger partial charge < -0.3 is 5.11 Å². The number of phenolic OH excluding ortho intramolecular Hbond substituents is 1. The van der Waals surface area contributed by atoms with Crippen molar-refractivity contribution in [2.24, 2.45) is 23.7 Å². The largest absolute Gasteiger partial charge is 0.502 e. The van der Waals surface area contributed by atoms with Gasteiger partial charge in [0.2, 0.25) is 11.8 Å². The minimum atomic E-state index is -0.740. The van der Waals surface area contributed by atoms with Gasteiger partial charge >= 0.3 is 5.69 Å². The van der Waals surface area contributed by atoms with Crippen LogP contribution < -0.4 is 4.90 Å². The molecule has 1 saturated carbocycles. The maximum absolute atomic E-state index is 12.6. The van der Waals surface area contributed by atoms with Crippen molar-refractivity contribution in [1.82, 2.24) is 0 Å². The molecule has 0 aromatic heterocycles. The molecule has 2 aliphatic carbocycles. The Hall–Kier alpha value is -2.70. The SMILES string of the molecule is O=C1[C@@H]2[C@H](C(=O)N1c1ccc(O)c([N+](=O)[O-])c1)[C@@H]1C=C[C@H]2C1. The van der Waals surface area contributed by atoms with Gasteiger partial charge in [-0.3, -0.25) is 19.7 Å². The number of hydrogen-bond donors (Lipinski definition) is 1. The molecule has 4 atom stereocenters. The number of benzene rings is 1. The van der Waals surface area contributed by atoms with Gasteiger partial charge in [0.15, 0.2) is 5.75 Å². The average Bonchev–Trinajstić information content (AvgIpc) is 3.14. The minimum absolute atomic E-state index is 0.0866. The number of fused-ring (bicyclic) bond motifs is 5. The Bertz CT molecular complexity index is 726. The van der Waals surface area contributed by atoms with Gasteiger partial charge in [-0.05, 0) is 30.4 Å². The number of phenols is 1. The van der Waals surface area contributed by atoms with Crippen molar-refractivity contribution in [2.75, 3.05) is 4.90 Å². The molecule has 1 heterocycles. The van der Waals surface area contributed by atoms with Crippen LogP contribution in [0.2, 0.25) is 0 Å². The Morgan fingerprint density at radius 2 is 1.73 bits per heavy atom. The minimum Gasteiger partial charge on any atom is -0.502 e. The van der Waals surface area contributed by atoms with E-state index >= 15 is 0 Å². The lowest BCUT2D eigenvalue weighted by atomic mass is 9.85. The van der Waals surface area contributed by atoms with Crippen LogP contribution in [0.3, 0.4) is 0 Å². The number of carbonyl (C=O) groups is 2. The fourth-order valence-corrected chi connectivity index (χ4v) is 3.95. The number of nitro groups is 1. The van der Waals surface area contributed by atoms with Crippen molar-refractivity contribution in [3.8, 4) is 5.75 Å². The monoisotopic (exact) mass is 300 g/mol. The number of nitrogens with zero attached hydrogens (tertiary/aromatic N) is 2. The van der Waals surface area contributed by atoms with Crippen molar-refractivity contribution in [2.45, 2.75) is 6.42 Å². The van der Waals surface area contributed by atoms with E-state index in [-0.39, 0.29) is 41.2 Å². The third-order valence-electron chi connectivity index (χ3n) is 4.88. The number of aromatic hydroxyl groups is 1. The fourth-order valence-electron chi connectivity index (χ4n) is 3.95. The number of nitro benzene ring substituents is 1. The molecule has 2 fully saturated rings. The summed E-state index contributed by atoms with van der Waals surface area (Å²) in [5.41, 5.74) is -0.371. The lowest BCUT2D eigenvalue weighted by Gasteiger charge is -2.17. The van der Waals surface area contributed by atoms with Crippen molar-refractivity contribution in [3.05, 3.63) is 40.5 Å². The zero-order chi connectivity index (χ0) is 15.6. The summed E-state index contributed by atoms with van der Waals surface area (Å²) in [5.74, 6) is -1.62. The number of rotatable bonds is 2. The molecule has 22 heavy (non-hydrogen) atoms. The van der Waals surface area contributed by atoms with E-state index in [4.69, 9.17) is 0 Å². The third-order valence-corrected chi connectivity index (χ3v) is 4.88. The van der Waals surface area contributed by atoms with Crippen LogP contribution in [-0.2, 0) is 9.59 Å². The first-order chi connectivity index (χ1) is 10.5. The highest BCUT2D eigenvalue weighted by molar-refractivity contribution is 6.23. The van der Waals surface area contributed by atoms with Crippen molar-refractivity contribution >= 4 is 23.2 Å². The standard InChI is InChI=1S/C15H12N2O5/c18-11-4-3-9(6-10(11)17(21)22)16-14(19)12-7-1-2-8(5-7)13(12)15(16)20/h1-4,6-8,12-13,18H,5H2/t7-,8+,12-,13+. The van der Waals surface area contributed by atoms with Gasteiger partial charge in [-0.25, -0.2) is 4.90 Å². The highest BCUT2D eigenvalue weighted by Gasteiger charge is 2.59. The second-order valence-electron chi connectivity index (χ2n) is 5.94. The van der Waals surface area contributed by atoms with Crippen LogP contribution in [0, 0.1) is 33.8 Å². The van der Waals surface area contributed by atoms with Crippen LogP contribution >= 0.6 is 0 Å². The van der Waals surface area contributed by atoms with Crippen molar-refractivity contribution in [1.29, 1.82) is 0 Å². The summed E-state index contributed by atoms with van der Waals surface area (Å²) >= 11 is 0. The van der Waals surface area contributed by atoms with E-state index in [1.54, 1.807) is 0 Å². The molecule has 1 saturated heterocycles. The number of imide groups is 1. The number of hydrogen-bond acceptors (Lipinski definition) is 5. The van der Waals surface area contributed by atoms with Gasteiger partial charge in [0.25, 0.3) is 0 Å². The predicted octanol–water partition coefficient (Wildman–Crippen LogP) is 1.61. The summed E-state index contributed by atoms with van der Waals surface area (Å²) in [6.07, 6.45) is 4.80. The van der Waals surface area contributed by atoms with E-state index in [1.165, 1.54) is 6.07 Å². The topological polar surface area (TPSA) is 101 Å². The number of carbonyl (C=O) groups excluding carboxylic acids is 2. The molecule has 7 nitrogen and oxygen atoms in total. The third kappa shape index (κ3) is 1.50.